The number of hydrogen-bond donors (Lipinski definition) is 2. The molecule has 1 aromatic heterocycles. The first kappa shape index (κ1) is 23.2. The number of likely N-dealkylation sites (tertiary alicyclic amines) is 1. The largest absolute Gasteiger partial charge is 0.444 e. The molecule has 2 aromatic rings. The van der Waals surface area contributed by atoms with Gasteiger partial charge in [-0.25, -0.2) is 9.98 Å². The third-order valence-corrected chi connectivity index (χ3v) is 4.66. The summed E-state index contributed by atoms with van der Waals surface area (Å²) >= 11 is 0. The topological polar surface area (TPSA) is 82.8 Å². The molecular weight excluding hydrogens is 481 g/mol. The quantitative estimate of drug-likeness (QED) is 0.246. The van der Waals surface area contributed by atoms with E-state index in [9.17, 15) is 4.79 Å². The van der Waals surface area contributed by atoms with Crippen LogP contribution in [-0.4, -0.2) is 47.9 Å². The molecule has 0 bridgehead atoms. The average Bonchev–Trinajstić information content (AvgIpc) is 3.33. The molecule has 1 fully saturated rings. The van der Waals surface area contributed by atoms with Crippen molar-refractivity contribution in [1.82, 2.24) is 20.5 Å². The number of aromatic nitrogens is 1. The highest BCUT2D eigenvalue weighted by molar-refractivity contribution is 14.0. The molecule has 0 radical (unpaired) electrons. The van der Waals surface area contributed by atoms with Crippen molar-refractivity contribution in [2.45, 2.75) is 39.7 Å². The highest BCUT2D eigenvalue weighted by atomic mass is 127. The number of nitrogens with zero attached hydrogens (tertiary/aromatic N) is 3. The molecule has 1 amide bonds. The molecule has 1 aromatic carbocycles. The lowest BCUT2D eigenvalue weighted by Crippen LogP contribution is -2.39. The van der Waals surface area contributed by atoms with Gasteiger partial charge < -0.3 is 20.0 Å². The Morgan fingerprint density at radius 1 is 1.28 bits per heavy atom. The fraction of sp³-hybridized carbons (Fsp3) is 0.476. The normalized spacial score (nSPS) is 14.1. The zero-order chi connectivity index (χ0) is 19.8. The van der Waals surface area contributed by atoms with E-state index in [1.165, 1.54) is 5.56 Å². The van der Waals surface area contributed by atoms with Crippen molar-refractivity contribution in [3.05, 3.63) is 41.8 Å². The van der Waals surface area contributed by atoms with Crippen molar-refractivity contribution in [3.8, 4) is 11.5 Å². The minimum Gasteiger partial charge on any atom is -0.444 e. The average molecular weight is 511 g/mol. The second-order valence-corrected chi connectivity index (χ2v) is 6.97. The van der Waals surface area contributed by atoms with Crippen LogP contribution in [0, 0.1) is 6.92 Å². The van der Waals surface area contributed by atoms with Gasteiger partial charge in [0.15, 0.2) is 5.96 Å². The minimum absolute atomic E-state index is 0. The summed E-state index contributed by atoms with van der Waals surface area (Å²) in [4.78, 5) is 22.7. The summed E-state index contributed by atoms with van der Waals surface area (Å²) in [6, 6.07) is 8.09. The molecule has 1 aliphatic heterocycles. The van der Waals surface area contributed by atoms with Crippen molar-refractivity contribution in [3.63, 3.8) is 0 Å². The van der Waals surface area contributed by atoms with Crippen molar-refractivity contribution in [1.29, 1.82) is 0 Å². The second kappa shape index (κ2) is 11.8. The standard InChI is InChI=1S/C21H29N5O2.HI/c1-3-22-21(23-11-5-13-26-12-4-6-19(26)27)24-14-18-15-28-20(25-18)17-9-7-16(2)8-10-17;/h7-10,15H,3-6,11-14H2,1-2H3,(H2,22,23,24);1H. The number of amides is 1. The summed E-state index contributed by atoms with van der Waals surface area (Å²) in [6.45, 7) is 7.77. The first-order valence-corrected chi connectivity index (χ1v) is 9.97. The maximum absolute atomic E-state index is 11.6. The molecule has 0 atom stereocenters. The van der Waals surface area contributed by atoms with Crippen LogP contribution < -0.4 is 10.6 Å². The van der Waals surface area contributed by atoms with E-state index in [1.807, 2.05) is 36.1 Å². The maximum Gasteiger partial charge on any atom is 0.226 e. The highest BCUT2D eigenvalue weighted by Gasteiger charge is 2.18. The van der Waals surface area contributed by atoms with Crippen LogP contribution >= 0.6 is 24.0 Å². The van der Waals surface area contributed by atoms with Crippen LogP contribution in [0.2, 0.25) is 0 Å². The molecule has 0 unspecified atom stereocenters. The van der Waals surface area contributed by atoms with E-state index in [-0.39, 0.29) is 29.9 Å². The number of aliphatic imine (C=N–C) groups is 1. The number of benzene rings is 1. The van der Waals surface area contributed by atoms with Gasteiger partial charge in [0.25, 0.3) is 0 Å². The molecule has 7 nitrogen and oxygen atoms in total. The molecular formula is C21H30IN5O2. The third kappa shape index (κ3) is 7.02. The summed E-state index contributed by atoms with van der Waals surface area (Å²) in [5.74, 6) is 1.63. The number of rotatable bonds is 8. The summed E-state index contributed by atoms with van der Waals surface area (Å²) in [5, 5.41) is 6.55. The lowest BCUT2D eigenvalue weighted by atomic mass is 10.1. The Morgan fingerprint density at radius 3 is 2.76 bits per heavy atom. The Bertz CT molecular complexity index is 804. The number of nitrogens with one attached hydrogen (secondary N) is 2. The molecule has 2 N–H and O–H groups in total. The van der Waals surface area contributed by atoms with Crippen molar-refractivity contribution < 1.29 is 9.21 Å². The van der Waals surface area contributed by atoms with Gasteiger partial charge in [-0.3, -0.25) is 4.79 Å². The number of guanidine groups is 1. The molecule has 3 rings (SSSR count). The summed E-state index contributed by atoms with van der Waals surface area (Å²) < 4.78 is 5.59. The van der Waals surface area contributed by atoms with E-state index in [2.05, 4.69) is 27.5 Å². The minimum atomic E-state index is 0. The molecule has 8 heteroatoms. The van der Waals surface area contributed by atoms with Gasteiger partial charge in [0.1, 0.15) is 12.0 Å². The van der Waals surface area contributed by atoms with E-state index in [1.54, 1.807) is 6.26 Å². The van der Waals surface area contributed by atoms with Crippen molar-refractivity contribution in [2.75, 3.05) is 26.2 Å². The van der Waals surface area contributed by atoms with Gasteiger partial charge in [-0.05, 0) is 38.8 Å². The predicted octanol–water partition coefficient (Wildman–Crippen LogP) is 3.34. The van der Waals surface area contributed by atoms with Gasteiger partial charge in [-0.15, -0.1) is 24.0 Å². The fourth-order valence-electron chi connectivity index (χ4n) is 3.13. The van der Waals surface area contributed by atoms with E-state index < -0.39 is 0 Å². The van der Waals surface area contributed by atoms with Gasteiger partial charge in [0, 0.05) is 38.2 Å². The number of carbonyl (C=O) groups excluding carboxylic acids is 1. The molecule has 0 spiro atoms. The Balaban J connectivity index is 0.00000300. The van der Waals surface area contributed by atoms with Crippen molar-refractivity contribution >= 4 is 35.8 Å². The second-order valence-electron chi connectivity index (χ2n) is 6.97. The number of hydrogen-bond acceptors (Lipinski definition) is 4. The lowest BCUT2D eigenvalue weighted by molar-refractivity contribution is -0.127. The van der Waals surface area contributed by atoms with Crippen LogP contribution in [0.4, 0.5) is 0 Å². The van der Waals surface area contributed by atoms with Crippen LogP contribution in [0.5, 0.6) is 0 Å². The molecule has 0 aliphatic carbocycles. The zero-order valence-corrected chi connectivity index (χ0v) is 19.4. The fourth-order valence-corrected chi connectivity index (χ4v) is 3.13. The number of halogens is 1. The Kier molecular flexibility index (Phi) is 9.43. The molecule has 1 aliphatic rings. The SMILES string of the molecule is CCNC(=NCc1coc(-c2ccc(C)cc2)n1)NCCCN1CCCC1=O.I. The van der Waals surface area contributed by atoms with Gasteiger partial charge in [0.2, 0.25) is 11.8 Å². The van der Waals surface area contributed by atoms with Crippen LogP contribution in [0.25, 0.3) is 11.5 Å². The number of carbonyl (C=O) groups is 1. The monoisotopic (exact) mass is 511 g/mol. The predicted molar refractivity (Wildman–Crippen MR) is 125 cm³/mol. The van der Waals surface area contributed by atoms with E-state index in [4.69, 9.17) is 4.42 Å². The highest BCUT2D eigenvalue weighted by Crippen LogP contribution is 2.19. The molecule has 0 saturated carbocycles. The summed E-state index contributed by atoms with van der Waals surface area (Å²) in [6.07, 6.45) is 4.23. The smallest absolute Gasteiger partial charge is 0.226 e. The lowest BCUT2D eigenvalue weighted by Gasteiger charge is -2.16. The Hall–Kier alpha value is -2.10. The molecule has 158 valence electrons. The van der Waals surface area contributed by atoms with E-state index in [0.717, 1.165) is 56.2 Å². The third-order valence-electron chi connectivity index (χ3n) is 4.66. The van der Waals surface area contributed by atoms with Crippen molar-refractivity contribution in [2.24, 2.45) is 4.99 Å². The first-order chi connectivity index (χ1) is 13.7. The summed E-state index contributed by atoms with van der Waals surface area (Å²) in [7, 11) is 0. The number of aryl methyl sites for hydroxylation is 1. The van der Waals surface area contributed by atoms with Gasteiger partial charge in [0.05, 0.1) is 6.54 Å². The van der Waals surface area contributed by atoms with E-state index in [0.29, 0.717) is 18.9 Å². The summed E-state index contributed by atoms with van der Waals surface area (Å²) in [5.41, 5.74) is 2.95. The van der Waals surface area contributed by atoms with Crippen LogP contribution in [-0.2, 0) is 11.3 Å². The van der Waals surface area contributed by atoms with E-state index >= 15 is 0 Å². The molecule has 2 heterocycles. The van der Waals surface area contributed by atoms with Crippen LogP contribution in [0.1, 0.15) is 37.4 Å². The zero-order valence-electron chi connectivity index (χ0n) is 17.1. The van der Waals surface area contributed by atoms with Gasteiger partial charge >= 0.3 is 0 Å². The number of oxazole rings is 1. The first-order valence-electron chi connectivity index (χ1n) is 9.97. The van der Waals surface area contributed by atoms with Gasteiger partial charge in [-0.2, -0.15) is 0 Å². The Morgan fingerprint density at radius 2 is 2.07 bits per heavy atom. The van der Waals surface area contributed by atoms with Gasteiger partial charge in [-0.1, -0.05) is 17.7 Å². The molecule has 1 saturated heterocycles. The van der Waals surface area contributed by atoms with Crippen LogP contribution in [0.3, 0.4) is 0 Å². The Labute approximate surface area is 189 Å². The molecule has 29 heavy (non-hydrogen) atoms. The van der Waals surface area contributed by atoms with Crippen LogP contribution in [0.15, 0.2) is 39.9 Å². The maximum atomic E-state index is 11.6.